The highest BCUT2D eigenvalue weighted by molar-refractivity contribution is 7.36. The molecule has 0 bridgehead atoms. The number of hydrogen-bond donors (Lipinski definition) is 1. The van der Waals surface area contributed by atoms with Gasteiger partial charge >= 0.3 is 0 Å². The van der Waals surface area contributed by atoms with E-state index in [9.17, 15) is 9.79 Å². The van der Waals surface area contributed by atoms with Crippen molar-refractivity contribution in [2.45, 2.75) is 0 Å². The van der Waals surface area contributed by atoms with E-state index in [1.54, 1.807) is 0 Å². The first-order valence-electron chi connectivity index (χ1n) is 0.956. The fraction of sp³-hybridized carbons (Fsp3) is 1.00. The summed E-state index contributed by atoms with van der Waals surface area (Å²) in [6, 6.07) is 0. The quantitative estimate of drug-likeness (QED) is 0.439. The van der Waals surface area contributed by atoms with Crippen molar-refractivity contribution in [3.63, 3.8) is 0 Å². The molecule has 4 N–H and O–H groups in total. The van der Waals surface area contributed by atoms with E-state index >= 15 is 0 Å². The summed E-state index contributed by atoms with van der Waals surface area (Å²) in [4.78, 5) is 18.4. The van der Waals surface area contributed by atoms with Crippen LogP contribution in [0.15, 0.2) is 0 Å². The molecule has 0 spiro atoms. The summed E-state index contributed by atoms with van der Waals surface area (Å²) in [6.45, 7) is 0. The van der Waals surface area contributed by atoms with Crippen LogP contribution in [-0.4, -0.2) is 7.11 Å². The summed E-state index contributed by atoms with van der Waals surface area (Å²) in [7, 11) is -1.50. The molecule has 0 aliphatic heterocycles. The maximum absolute atomic E-state index is 9.18. The average molecular weight is 112 g/mol. The van der Waals surface area contributed by atoms with E-state index in [0.717, 1.165) is 7.11 Å². The Labute approximate surface area is 37.3 Å². The van der Waals surface area contributed by atoms with Gasteiger partial charge in [-0.1, -0.05) is 0 Å². The van der Waals surface area contributed by atoms with Crippen molar-refractivity contribution in [2.75, 3.05) is 7.11 Å². The molecule has 40 valence electrons. The van der Waals surface area contributed by atoms with Gasteiger partial charge in [0.25, 0.3) is 0 Å². The van der Waals surface area contributed by atoms with Gasteiger partial charge in [-0.3, -0.25) is 0 Å². The monoisotopic (exact) mass is 112 g/mol. The predicted octanol–water partition coefficient (Wildman–Crippen LogP) is -1.04. The van der Waals surface area contributed by atoms with E-state index in [1.807, 2.05) is 0 Å². The van der Waals surface area contributed by atoms with Crippen LogP contribution in [0.4, 0.5) is 0 Å². The summed E-state index contributed by atoms with van der Waals surface area (Å²) < 4.78 is 3.70. The van der Waals surface area contributed by atoms with Crippen molar-refractivity contribution in [3.05, 3.63) is 0 Å². The number of rotatable bonds is 1. The Bertz CT molecular complexity index is 24.8. The van der Waals surface area contributed by atoms with Gasteiger partial charge in [-0.05, 0) is 0 Å². The van der Waals surface area contributed by atoms with Crippen molar-refractivity contribution < 1.29 is 14.3 Å². The third-order valence-electron chi connectivity index (χ3n) is 0.149. The van der Waals surface area contributed by atoms with E-state index in [0.29, 0.717) is 0 Å². The normalized spacial score (nSPS) is 8.00. The van der Waals surface area contributed by atoms with Crippen LogP contribution in [0.25, 0.3) is 0 Å². The number of quaternary nitrogens is 1. The van der Waals surface area contributed by atoms with Crippen molar-refractivity contribution >= 4 is 8.60 Å². The second kappa shape index (κ2) is 5.27. The third-order valence-corrected chi connectivity index (χ3v) is 0.447. The van der Waals surface area contributed by atoms with Crippen LogP contribution in [0.3, 0.4) is 0 Å². The summed E-state index contributed by atoms with van der Waals surface area (Å²) >= 11 is 0. The minimum absolute atomic E-state index is 0. The van der Waals surface area contributed by atoms with Crippen molar-refractivity contribution in [1.82, 2.24) is 6.15 Å². The molecule has 0 saturated carbocycles. The maximum Gasteiger partial charge on any atom is 0.0365 e. The third kappa shape index (κ3) is 8.86. The largest absolute Gasteiger partial charge is 0.820 e. The van der Waals surface area contributed by atoms with E-state index in [-0.39, 0.29) is 6.15 Å². The molecule has 0 aliphatic carbocycles. The SMILES string of the molecule is COP([O-])[O-].[NH4+]. The highest BCUT2D eigenvalue weighted by Gasteiger charge is 1.51. The molecule has 0 atom stereocenters. The second-order valence-corrected chi connectivity index (χ2v) is 1.22. The first-order chi connectivity index (χ1) is 2.27. The van der Waals surface area contributed by atoms with Crippen molar-refractivity contribution in [2.24, 2.45) is 0 Å². The molecule has 5 heteroatoms. The zero-order chi connectivity index (χ0) is 4.28. The molecule has 0 heterocycles. The number of hydrogen-bond acceptors (Lipinski definition) is 3. The molecular formula is CH7NO3P-. The Hall–Kier alpha value is 0.270. The van der Waals surface area contributed by atoms with Gasteiger partial charge < -0.3 is 20.5 Å². The zero-order valence-corrected chi connectivity index (χ0v) is 4.57. The fourth-order valence-corrected chi connectivity index (χ4v) is 0. The molecule has 0 saturated heterocycles. The molecule has 6 heavy (non-hydrogen) atoms. The molecule has 0 fully saturated rings. The van der Waals surface area contributed by atoms with Crippen molar-refractivity contribution in [1.29, 1.82) is 0 Å². The molecule has 0 aromatic rings. The van der Waals surface area contributed by atoms with Crippen LogP contribution >= 0.6 is 8.60 Å². The molecular weight excluding hydrogens is 105 g/mol. The van der Waals surface area contributed by atoms with E-state index in [2.05, 4.69) is 4.52 Å². The lowest BCUT2D eigenvalue weighted by Gasteiger charge is -2.25. The molecule has 0 aromatic carbocycles. The maximum atomic E-state index is 9.18. The molecule has 0 aliphatic rings. The van der Waals surface area contributed by atoms with Gasteiger partial charge in [0.2, 0.25) is 0 Å². The Kier molecular flexibility index (Phi) is 8.39. The molecule has 0 unspecified atom stereocenters. The van der Waals surface area contributed by atoms with Gasteiger partial charge in [0, 0.05) is 7.11 Å². The lowest BCUT2D eigenvalue weighted by molar-refractivity contribution is -0.316. The summed E-state index contributed by atoms with van der Waals surface area (Å²) in [6.07, 6.45) is 0. The van der Waals surface area contributed by atoms with Gasteiger partial charge in [0.05, 0.1) is 0 Å². The standard InChI is InChI=1S/CH3O3P.H3N/c1-4-5(2)3;/h1H3;1H3/q-2;/p+1. The summed E-state index contributed by atoms with van der Waals surface area (Å²) in [5.74, 6) is 0. The van der Waals surface area contributed by atoms with Crippen LogP contribution in [0.5, 0.6) is 0 Å². The topological polar surface area (TPSA) is 91.8 Å². The zero-order valence-electron chi connectivity index (χ0n) is 3.67. The Morgan fingerprint density at radius 2 is 1.67 bits per heavy atom. The highest BCUT2D eigenvalue weighted by atomic mass is 31.2. The minimum Gasteiger partial charge on any atom is -0.820 e. The van der Waals surface area contributed by atoms with Crippen LogP contribution in [0.1, 0.15) is 0 Å². The van der Waals surface area contributed by atoms with E-state index < -0.39 is 8.60 Å². The fourth-order valence-electron chi connectivity index (χ4n) is 0. The van der Waals surface area contributed by atoms with Gasteiger partial charge in [-0.15, -0.1) is 0 Å². The molecule has 0 aromatic heterocycles. The highest BCUT2D eigenvalue weighted by Crippen LogP contribution is 2.07. The summed E-state index contributed by atoms with van der Waals surface area (Å²) in [5.41, 5.74) is 0. The first kappa shape index (κ1) is 9.55. The van der Waals surface area contributed by atoms with Gasteiger partial charge in [-0.2, -0.15) is 8.60 Å². The Morgan fingerprint density at radius 1 is 1.50 bits per heavy atom. The Balaban J connectivity index is 0. The molecule has 0 radical (unpaired) electrons. The van der Waals surface area contributed by atoms with E-state index in [4.69, 9.17) is 0 Å². The van der Waals surface area contributed by atoms with Gasteiger partial charge in [0.15, 0.2) is 0 Å². The molecule has 0 rings (SSSR count). The molecule has 0 amide bonds. The lowest BCUT2D eigenvalue weighted by Crippen LogP contribution is -2.07. The lowest BCUT2D eigenvalue weighted by atomic mass is 11.8. The van der Waals surface area contributed by atoms with Crippen LogP contribution in [-0.2, 0) is 4.52 Å². The second-order valence-electron chi connectivity index (χ2n) is 0.406. The predicted molar refractivity (Wildman–Crippen MR) is 19.9 cm³/mol. The van der Waals surface area contributed by atoms with Crippen LogP contribution in [0, 0.1) is 0 Å². The molecule has 4 nitrogen and oxygen atoms in total. The van der Waals surface area contributed by atoms with Gasteiger partial charge in [-0.25, -0.2) is 0 Å². The smallest absolute Gasteiger partial charge is 0.0365 e. The van der Waals surface area contributed by atoms with Crippen molar-refractivity contribution in [3.8, 4) is 0 Å². The van der Waals surface area contributed by atoms with Crippen LogP contribution in [0.2, 0.25) is 0 Å². The van der Waals surface area contributed by atoms with E-state index in [1.165, 1.54) is 0 Å². The Morgan fingerprint density at radius 3 is 1.67 bits per heavy atom. The summed E-state index contributed by atoms with van der Waals surface area (Å²) in [5, 5.41) is 0. The van der Waals surface area contributed by atoms with Gasteiger partial charge in [0.1, 0.15) is 0 Å². The average Bonchev–Trinajstić information content (AvgIpc) is 1.38. The first-order valence-corrected chi connectivity index (χ1v) is 2.05. The van der Waals surface area contributed by atoms with Crippen LogP contribution < -0.4 is 15.9 Å². The minimum atomic E-state index is -2.60.